The molecule has 1 heterocycles. The van der Waals surface area contributed by atoms with Crippen LogP contribution in [0.5, 0.6) is 0 Å². The summed E-state index contributed by atoms with van der Waals surface area (Å²) in [7, 11) is 0. The first kappa shape index (κ1) is 34.7. The molecule has 0 aromatic heterocycles. The van der Waals surface area contributed by atoms with Crippen LogP contribution in [-0.4, -0.2) is 58.0 Å². The van der Waals surface area contributed by atoms with Crippen molar-refractivity contribution in [3.63, 3.8) is 0 Å². The highest BCUT2D eigenvalue weighted by molar-refractivity contribution is 5.74. The predicted octanol–water partition coefficient (Wildman–Crippen LogP) is 6.34. The summed E-state index contributed by atoms with van der Waals surface area (Å²) in [6, 6.07) is 55.4. The summed E-state index contributed by atoms with van der Waals surface area (Å²) >= 11 is 0. The van der Waals surface area contributed by atoms with Gasteiger partial charge in [0.1, 0.15) is 35.4 Å². The Morgan fingerprint density at radius 1 is 0.623 bits per heavy atom. The average Bonchev–Trinajstić information content (AvgIpc) is 3.24. The zero-order chi connectivity index (χ0) is 37.6. The van der Waals surface area contributed by atoms with Gasteiger partial charge >= 0.3 is 0 Å². The van der Waals surface area contributed by atoms with E-state index in [9.17, 15) is 20.1 Å². The van der Waals surface area contributed by atoms with Gasteiger partial charge in [-0.15, -0.1) is 0 Å². The maximum Gasteiger partial charge on any atom is 0.217 e. The monoisotopic (exact) mass is 706 g/mol. The van der Waals surface area contributed by atoms with Crippen LogP contribution in [-0.2, 0) is 25.3 Å². The zero-order valence-electron chi connectivity index (χ0n) is 30.1. The van der Waals surface area contributed by atoms with Crippen molar-refractivity contribution in [3.05, 3.63) is 215 Å². The summed E-state index contributed by atoms with van der Waals surface area (Å²) in [5, 5.41) is 40.4. The number of nitrogens with one attached hydrogen (secondary N) is 1. The van der Waals surface area contributed by atoms with Crippen LogP contribution in [0.25, 0.3) is 0 Å². The summed E-state index contributed by atoms with van der Waals surface area (Å²) in [4.78, 5) is 13.1. The summed E-state index contributed by atoms with van der Waals surface area (Å²) < 4.78 is 21.8. The Labute approximate surface area is 311 Å². The van der Waals surface area contributed by atoms with E-state index in [4.69, 9.17) is 10.8 Å². The van der Waals surface area contributed by atoms with Crippen LogP contribution < -0.4 is 5.32 Å². The van der Waals surface area contributed by atoms with Crippen molar-refractivity contribution in [3.8, 4) is 0 Å². The number of hydrogen-bond donors (Lipinski definition) is 4. The maximum absolute atomic E-state index is 13.7. The standard InChI is InChI=1S/C46H43NO6/c1-33(48)47-43-42(50)41(49)40(32-52-45(37-26-14-5-15-27-37,38-28-16-6-17-29-38)39-30-18-7-19-31-39)53-46(43,51)44(34-20-8-2-9-21-34,35-22-10-3-11-23-35)36-24-12-4-13-25-36/h2-31,40-43,49-51H,32H2,1H3,(H,47,48)/t40-,41-,42+,43-,46?/m1/s1/i1D. The molecule has 6 aromatic rings. The highest BCUT2D eigenvalue weighted by atomic mass is 16.7. The van der Waals surface area contributed by atoms with Gasteiger partial charge in [0.25, 0.3) is 0 Å². The molecule has 7 heteroatoms. The molecule has 1 aliphatic rings. The fourth-order valence-corrected chi connectivity index (χ4v) is 7.99. The normalized spacial score (nSPS) is 22.1. The molecule has 4 N–H and O–H groups in total. The molecular formula is C46H43NO6. The van der Waals surface area contributed by atoms with E-state index in [1.165, 1.54) is 0 Å². The van der Waals surface area contributed by atoms with Gasteiger partial charge in [0, 0.05) is 8.27 Å². The minimum Gasteiger partial charge on any atom is -0.388 e. The molecule has 7 nitrogen and oxygen atoms in total. The van der Waals surface area contributed by atoms with Crippen LogP contribution >= 0.6 is 0 Å². The highest BCUT2D eigenvalue weighted by Crippen LogP contribution is 2.53. The lowest BCUT2D eigenvalue weighted by atomic mass is 9.60. The van der Waals surface area contributed by atoms with Gasteiger partial charge in [-0.3, -0.25) is 4.79 Å². The number of carbonyl (C=O) groups excluding carboxylic acids is 1. The third-order valence-corrected chi connectivity index (χ3v) is 10.3. The van der Waals surface area contributed by atoms with Crippen LogP contribution in [0.1, 0.15) is 41.7 Å². The number of aliphatic hydroxyl groups excluding tert-OH is 2. The topological polar surface area (TPSA) is 108 Å². The number of benzene rings is 6. The molecule has 0 aliphatic carbocycles. The van der Waals surface area contributed by atoms with E-state index >= 15 is 0 Å². The summed E-state index contributed by atoms with van der Waals surface area (Å²) in [5.41, 5.74) is 1.44. The van der Waals surface area contributed by atoms with Gasteiger partial charge in [-0.1, -0.05) is 182 Å². The van der Waals surface area contributed by atoms with Gasteiger partial charge in [0.05, 0.1) is 6.61 Å². The third-order valence-electron chi connectivity index (χ3n) is 10.3. The summed E-state index contributed by atoms with van der Waals surface area (Å²) in [5.74, 6) is -3.24. The lowest BCUT2D eigenvalue weighted by Crippen LogP contribution is -2.76. The number of amides is 1. The second kappa shape index (κ2) is 15.3. The average molecular weight is 707 g/mol. The first-order valence-corrected chi connectivity index (χ1v) is 17.7. The first-order valence-electron chi connectivity index (χ1n) is 18.4. The lowest BCUT2D eigenvalue weighted by molar-refractivity contribution is -0.339. The Morgan fingerprint density at radius 3 is 1.30 bits per heavy atom. The van der Waals surface area contributed by atoms with E-state index in [2.05, 4.69) is 5.32 Å². The van der Waals surface area contributed by atoms with Gasteiger partial charge in [-0.2, -0.15) is 0 Å². The molecule has 5 atom stereocenters. The molecule has 268 valence electrons. The van der Waals surface area contributed by atoms with Gasteiger partial charge in [-0.25, -0.2) is 0 Å². The van der Waals surface area contributed by atoms with Crippen LogP contribution in [0.4, 0.5) is 0 Å². The van der Waals surface area contributed by atoms with Gasteiger partial charge in [-0.05, 0) is 33.4 Å². The van der Waals surface area contributed by atoms with Crippen molar-refractivity contribution in [2.75, 3.05) is 6.61 Å². The summed E-state index contributed by atoms with van der Waals surface area (Å²) in [6.07, 6.45) is -4.73. The number of aliphatic hydroxyl groups is 3. The molecule has 53 heavy (non-hydrogen) atoms. The first-order chi connectivity index (χ1) is 26.4. The minimum absolute atomic E-state index is 0.299. The van der Waals surface area contributed by atoms with Crippen molar-refractivity contribution >= 4 is 5.91 Å². The second-order valence-electron chi connectivity index (χ2n) is 13.3. The van der Waals surface area contributed by atoms with Crippen LogP contribution in [0.15, 0.2) is 182 Å². The Bertz CT molecular complexity index is 1900. The molecule has 0 spiro atoms. The van der Waals surface area contributed by atoms with E-state index in [-0.39, 0.29) is 6.61 Å². The van der Waals surface area contributed by atoms with E-state index in [1.54, 1.807) is 0 Å². The molecule has 0 bridgehead atoms. The number of ether oxygens (including phenoxy) is 2. The molecule has 1 fully saturated rings. The molecule has 1 aliphatic heterocycles. The lowest BCUT2D eigenvalue weighted by Gasteiger charge is -2.57. The van der Waals surface area contributed by atoms with Crippen LogP contribution in [0.2, 0.25) is 0 Å². The maximum atomic E-state index is 13.7. The van der Waals surface area contributed by atoms with Crippen LogP contribution in [0, 0.1) is 0 Å². The van der Waals surface area contributed by atoms with Gasteiger partial charge in [0.2, 0.25) is 11.7 Å². The van der Waals surface area contributed by atoms with E-state index < -0.39 is 54.0 Å². The number of rotatable bonds is 11. The van der Waals surface area contributed by atoms with Crippen molar-refractivity contribution in [2.24, 2.45) is 0 Å². The van der Waals surface area contributed by atoms with E-state index in [1.807, 2.05) is 182 Å². The van der Waals surface area contributed by atoms with Crippen molar-refractivity contribution in [1.82, 2.24) is 5.32 Å². The number of hydrogen-bond acceptors (Lipinski definition) is 6. The van der Waals surface area contributed by atoms with Crippen molar-refractivity contribution in [1.29, 1.82) is 0 Å². The van der Waals surface area contributed by atoms with Crippen molar-refractivity contribution < 1.29 is 31.0 Å². The van der Waals surface area contributed by atoms with E-state index in [0.29, 0.717) is 16.7 Å². The molecule has 7 rings (SSSR count). The molecule has 0 radical (unpaired) electrons. The smallest absolute Gasteiger partial charge is 0.217 e. The molecule has 1 amide bonds. The second-order valence-corrected chi connectivity index (χ2v) is 13.3. The Hall–Kier alpha value is -5.41. The largest absolute Gasteiger partial charge is 0.388 e. The molecule has 0 saturated carbocycles. The predicted molar refractivity (Wildman–Crippen MR) is 204 cm³/mol. The molecule has 6 aromatic carbocycles. The molecule has 1 unspecified atom stereocenters. The fourth-order valence-electron chi connectivity index (χ4n) is 7.99. The van der Waals surface area contributed by atoms with Gasteiger partial charge < -0.3 is 30.1 Å². The van der Waals surface area contributed by atoms with Crippen LogP contribution in [0.3, 0.4) is 0 Å². The van der Waals surface area contributed by atoms with Gasteiger partial charge in [0.15, 0.2) is 0 Å². The van der Waals surface area contributed by atoms with E-state index in [0.717, 1.165) is 16.7 Å². The third kappa shape index (κ3) is 6.37. The zero-order valence-corrected chi connectivity index (χ0v) is 29.1. The van der Waals surface area contributed by atoms with Crippen molar-refractivity contribution in [2.45, 2.75) is 48.1 Å². The Balaban J connectivity index is 1.43. The highest BCUT2D eigenvalue weighted by Gasteiger charge is 2.66. The Kier molecular flexibility index (Phi) is 10.00. The quantitative estimate of drug-likeness (QED) is 0.117. The SMILES string of the molecule is [2H]CC(=O)N[C@@H]1[C@@H](O)[C@H](O)[C@@H](COC(c2ccccc2)(c2ccccc2)c2ccccc2)OC1(O)C(c1ccccc1)(c1ccccc1)c1ccccc1. The fraction of sp³-hybridized carbons (Fsp3) is 0.196. The molecule has 1 saturated heterocycles. The molecular weight excluding hydrogens is 663 g/mol. The Morgan fingerprint density at radius 2 is 0.962 bits per heavy atom. The summed E-state index contributed by atoms with van der Waals surface area (Å²) in [6.45, 7) is -0.975. The minimum atomic E-state index is -2.48. The number of carbonyl (C=O) groups is 1.